The Balaban J connectivity index is 1.14. The molecule has 2 saturated carbocycles. The lowest BCUT2D eigenvalue weighted by atomic mass is 9.43. The van der Waals surface area contributed by atoms with E-state index in [2.05, 4.69) is 68.4 Å². The number of hydrogen-bond acceptors (Lipinski definition) is 10. The average molecular weight is 902 g/mol. The number of nitrogens with zero attached hydrogens (tertiary/aromatic N) is 1. The number of nitriles is 1. The van der Waals surface area contributed by atoms with E-state index in [1.807, 2.05) is 0 Å². The van der Waals surface area contributed by atoms with E-state index in [4.69, 9.17) is 14.2 Å². The van der Waals surface area contributed by atoms with Crippen molar-refractivity contribution in [3.8, 4) is 17.6 Å². The molecule has 1 aliphatic heterocycles. The van der Waals surface area contributed by atoms with E-state index < -0.39 is 17.0 Å². The van der Waals surface area contributed by atoms with Crippen molar-refractivity contribution in [3.63, 3.8) is 0 Å². The summed E-state index contributed by atoms with van der Waals surface area (Å²) >= 11 is 2.46. The highest BCUT2D eigenvalue weighted by Crippen LogP contribution is 2.81. The molecule has 5 aliphatic carbocycles. The largest absolute Gasteiger partial charge is 0.461 e. The molecule has 9 rings (SSSR count). The van der Waals surface area contributed by atoms with Gasteiger partial charge >= 0.3 is 17.9 Å². The minimum Gasteiger partial charge on any atom is -0.461 e. The zero-order valence-corrected chi connectivity index (χ0v) is 39.6. The lowest BCUT2D eigenvalue weighted by Crippen LogP contribution is -2.52. The van der Waals surface area contributed by atoms with Gasteiger partial charge in [-0.05, 0) is 99.3 Å². The van der Waals surface area contributed by atoms with Gasteiger partial charge in [0.25, 0.3) is 0 Å². The van der Waals surface area contributed by atoms with Gasteiger partial charge in [0, 0.05) is 34.8 Å². The van der Waals surface area contributed by atoms with E-state index in [-0.39, 0.29) is 54.2 Å². The summed E-state index contributed by atoms with van der Waals surface area (Å²) in [6.07, 6.45) is 17.1. The Morgan fingerprint density at radius 1 is 0.719 bits per heavy atom. The van der Waals surface area contributed by atoms with Gasteiger partial charge in [-0.25, -0.2) is 4.79 Å². The van der Waals surface area contributed by atoms with Crippen LogP contribution in [0.5, 0.6) is 11.5 Å². The fourth-order valence-electron chi connectivity index (χ4n) is 12.0. The first-order valence-corrected chi connectivity index (χ1v) is 25.9. The Kier molecular flexibility index (Phi) is 13.2. The summed E-state index contributed by atoms with van der Waals surface area (Å²) in [4.78, 5) is 44.2. The Morgan fingerprint density at radius 2 is 1.17 bits per heavy atom. The molecule has 0 bridgehead atoms. The van der Waals surface area contributed by atoms with Crippen LogP contribution in [0.15, 0.2) is 68.1 Å². The van der Waals surface area contributed by atoms with Gasteiger partial charge in [-0.3, -0.25) is 9.59 Å². The molecule has 64 heavy (non-hydrogen) atoms. The number of esters is 3. The molecule has 2 atom stereocenters. The van der Waals surface area contributed by atoms with Gasteiger partial charge in [-0.2, -0.15) is 5.26 Å². The number of rotatable bonds is 16. The van der Waals surface area contributed by atoms with Crippen LogP contribution < -0.4 is 9.47 Å². The third kappa shape index (κ3) is 8.04. The van der Waals surface area contributed by atoms with Gasteiger partial charge in [0.1, 0.15) is 17.6 Å². The van der Waals surface area contributed by atoms with Crippen molar-refractivity contribution in [2.75, 3.05) is 6.61 Å². The fraction of sp³-hybridized carbons (Fsp3) is 0.556. The van der Waals surface area contributed by atoms with E-state index in [0.717, 1.165) is 62.5 Å². The Morgan fingerprint density at radius 3 is 1.59 bits per heavy atom. The third-order valence-electron chi connectivity index (χ3n) is 15.4. The number of benzene rings is 3. The van der Waals surface area contributed by atoms with E-state index >= 15 is 0 Å². The molecule has 10 heteroatoms. The fourth-order valence-corrected chi connectivity index (χ4v) is 14.6. The molecule has 0 radical (unpaired) electrons. The first-order valence-electron chi connectivity index (χ1n) is 24.2. The summed E-state index contributed by atoms with van der Waals surface area (Å²) < 4.78 is 19.7. The molecule has 338 valence electrons. The molecule has 2 fully saturated rings. The van der Waals surface area contributed by atoms with Crippen LogP contribution in [0.3, 0.4) is 0 Å². The molecule has 0 amide bonds. The van der Waals surface area contributed by atoms with Crippen molar-refractivity contribution in [3.05, 3.63) is 91.7 Å². The van der Waals surface area contributed by atoms with Gasteiger partial charge in [-0.15, -0.1) is 0 Å². The third-order valence-corrected chi connectivity index (χ3v) is 18.0. The Bertz CT molecular complexity index is 2240. The van der Waals surface area contributed by atoms with Gasteiger partial charge in [0.15, 0.2) is 5.57 Å². The van der Waals surface area contributed by atoms with Crippen molar-refractivity contribution in [1.82, 2.24) is 0 Å². The van der Waals surface area contributed by atoms with Crippen molar-refractivity contribution in [2.45, 2.75) is 169 Å². The average Bonchev–Trinajstić information content (AvgIpc) is 3.80. The molecule has 1 spiro atoms. The zero-order chi connectivity index (χ0) is 44.8. The van der Waals surface area contributed by atoms with E-state index in [0.29, 0.717) is 37.4 Å². The van der Waals surface area contributed by atoms with E-state index in [9.17, 15) is 24.8 Å². The second kappa shape index (κ2) is 18.7. The molecule has 0 saturated heterocycles. The molecular weight excluding hydrogens is 839 g/mol. The van der Waals surface area contributed by atoms with Gasteiger partial charge in [0.2, 0.25) is 0 Å². The predicted molar refractivity (Wildman–Crippen MR) is 250 cm³/mol. The molecule has 8 nitrogen and oxygen atoms in total. The SMILES string of the molecule is CCCCCC1CCC(C(=O)Oc2c3c(c(OC(=O)C4CCC(CCCCC)CC4)c4c2C2c5ccccc5C25c2ccccc2C45)SC(=C(C#N)C(=O)OCCC(C)(C)O)S3)CC1. The van der Waals surface area contributed by atoms with Crippen LogP contribution in [-0.4, -0.2) is 35.2 Å². The van der Waals surface area contributed by atoms with Crippen LogP contribution in [0.25, 0.3) is 0 Å². The van der Waals surface area contributed by atoms with Crippen LogP contribution in [-0.2, 0) is 24.5 Å². The van der Waals surface area contributed by atoms with Crippen molar-refractivity contribution >= 4 is 41.4 Å². The molecular formula is C54H63NO7S2. The van der Waals surface area contributed by atoms with Crippen molar-refractivity contribution in [1.29, 1.82) is 5.26 Å². The number of thioether (sulfide) groups is 2. The molecule has 3 aromatic rings. The van der Waals surface area contributed by atoms with Gasteiger partial charge < -0.3 is 19.3 Å². The quantitative estimate of drug-likeness (QED) is 0.0489. The molecule has 1 heterocycles. The maximum absolute atomic E-state index is 14.7. The minimum atomic E-state index is -1.05. The molecule has 3 aromatic carbocycles. The van der Waals surface area contributed by atoms with E-state index in [1.54, 1.807) is 13.8 Å². The Labute approximate surface area is 387 Å². The Hall–Kier alpha value is -4.04. The van der Waals surface area contributed by atoms with Crippen molar-refractivity contribution < 1.29 is 33.7 Å². The number of ether oxygens (including phenoxy) is 3. The molecule has 1 N–H and O–H groups in total. The number of aliphatic hydroxyl groups is 1. The summed E-state index contributed by atoms with van der Waals surface area (Å²) in [5, 5.41) is 20.8. The number of unbranched alkanes of at least 4 members (excludes halogenated alkanes) is 4. The summed E-state index contributed by atoms with van der Waals surface area (Å²) in [5.74, 6) is 0.116. The monoisotopic (exact) mass is 901 g/mol. The van der Waals surface area contributed by atoms with Crippen molar-refractivity contribution in [2.24, 2.45) is 23.7 Å². The van der Waals surface area contributed by atoms with Crippen LogP contribution in [0.1, 0.15) is 182 Å². The smallest absolute Gasteiger partial charge is 0.350 e. The number of hydrogen-bond donors (Lipinski definition) is 1. The molecule has 6 aliphatic rings. The highest BCUT2D eigenvalue weighted by atomic mass is 32.2. The molecule has 2 unspecified atom stereocenters. The predicted octanol–water partition coefficient (Wildman–Crippen LogP) is 12.8. The lowest BCUT2D eigenvalue weighted by Gasteiger charge is -2.58. The number of carbonyl (C=O) groups is 3. The topological polar surface area (TPSA) is 123 Å². The normalized spacial score (nSPS) is 25.8. The zero-order valence-electron chi connectivity index (χ0n) is 38.0. The van der Waals surface area contributed by atoms with Crippen LogP contribution in [0, 0.1) is 35.0 Å². The summed E-state index contributed by atoms with van der Waals surface area (Å²) in [5.41, 5.74) is 4.97. The first kappa shape index (κ1) is 45.1. The second-order valence-electron chi connectivity index (χ2n) is 20.0. The van der Waals surface area contributed by atoms with Gasteiger partial charge in [0.05, 0.1) is 38.1 Å². The maximum Gasteiger partial charge on any atom is 0.350 e. The first-order chi connectivity index (χ1) is 31.0. The summed E-state index contributed by atoms with van der Waals surface area (Å²) in [7, 11) is 0. The minimum absolute atomic E-state index is 0.0605. The summed E-state index contributed by atoms with van der Waals surface area (Å²) in [6, 6.07) is 19.2. The van der Waals surface area contributed by atoms with Gasteiger partial charge in [-0.1, -0.05) is 137 Å². The lowest BCUT2D eigenvalue weighted by molar-refractivity contribution is -0.141. The highest BCUT2D eigenvalue weighted by Gasteiger charge is 2.71. The highest BCUT2D eigenvalue weighted by molar-refractivity contribution is 8.24. The van der Waals surface area contributed by atoms with Crippen LogP contribution in [0.4, 0.5) is 0 Å². The molecule has 0 aromatic heterocycles. The van der Waals surface area contributed by atoms with Crippen LogP contribution in [0.2, 0.25) is 0 Å². The maximum atomic E-state index is 14.7. The number of carbonyl (C=O) groups excluding carboxylic acids is 3. The van der Waals surface area contributed by atoms with E-state index in [1.165, 1.54) is 97.1 Å². The summed E-state index contributed by atoms with van der Waals surface area (Å²) in [6.45, 7) is 7.68. The standard InChI is InChI=1S/C54H63NO7S2/c1-5-7-9-15-32-21-25-34(26-22-32)49(56)61-45-41-42(44-37-18-12-14-20-40(37)54(44)39-19-13-11-17-36(39)43(41)54)46(62-50(57)35-27-23-33(24-28-35)16-10-8-6-2)48-47(45)63-52(64-48)38(31-55)51(58)60-30-29-53(3,4)59/h11-14,17-20,32-35,43-44,59H,5-10,15-16,21-30H2,1-4H3. The second-order valence-corrected chi connectivity index (χ2v) is 22.3. The van der Waals surface area contributed by atoms with Crippen LogP contribution >= 0.6 is 23.5 Å². The number of fused-ring (bicyclic) bond motifs is 8.